The Morgan fingerprint density at radius 1 is 1.13 bits per heavy atom. The molecule has 0 bridgehead atoms. The fourth-order valence-corrected chi connectivity index (χ4v) is 2.38. The maximum Gasteiger partial charge on any atom is 0.148 e. The molecule has 0 saturated heterocycles. The molecule has 0 aliphatic heterocycles. The van der Waals surface area contributed by atoms with Crippen LogP contribution < -0.4 is 10.1 Å². The van der Waals surface area contributed by atoms with Gasteiger partial charge >= 0.3 is 0 Å². The van der Waals surface area contributed by atoms with Gasteiger partial charge < -0.3 is 14.6 Å². The summed E-state index contributed by atoms with van der Waals surface area (Å²) in [5.41, 5.74) is 2.30. The van der Waals surface area contributed by atoms with Gasteiger partial charge in [-0.15, -0.1) is 31.7 Å². The van der Waals surface area contributed by atoms with E-state index in [1.807, 2.05) is 18.2 Å². The SMILES string of the molecule is C#CCNCCc1cn(CC#C)c2ccc(OCC#C)cc12.Cl. The Hall–Kier alpha value is -2.51. The molecule has 0 spiro atoms. The summed E-state index contributed by atoms with van der Waals surface area (Å²) in [7, 11) is 0. The first-order chi connectivity index (χ1) is 10.8. The van der Waals surface area contributed by atoms with Crippen LogP contribution in [0.4, 0.5) is 0 Å². The first-order valence-electron chi connectivity index (χ1n) is 7.05. The Bertz CT molecular complexity index is 771. The van der Waals surface area contributed by atoms with Crippen LogP contribution in [-0.4, -0.2) is 24.3 Å². The summed E-state index contributed by atoms with van der Waals surface area (Å²) in [4.78, 5) is 0. The minimum absolute atomic E-state index is 0. The molecule has 2 aromatic rings. The number of hydrogen-bond acceptors (Lipinski definition) is 2. The van der Waals surface area contributed by atoms with Gasteiger partial charge in [0.1, 0.15) is 12.4 Å². The highest BCUT2D eigenvalue weighted by atomic mass is 35.5. The van der Waals surface area contributed by atoms with Crippen LogP contribution in [0.5, 0.6) is 5.75 Å². The summed E-state index contributed by atoms with van der Waals surface area (Å²) in [6.45, 7) is 2.18. The van der Waals surface area contributed by atoms with E-state index in [0.717, 1.165) is 29.6 Å². The molecule has 118 valence electrons. The van der Waals surface area contributed by atoms with E-state index < -0.39 is 0 Å². The second-order valence-electron chi connectivity index (χ2n) is 4.79. The van der Waals surface area contributed by atoms with Gasteiger partial charge in [-0.1, -0.05) is 17.8 Å². The molecule has 0 radical (unpaired) electrons. The van der Waals surface area contributed by atoms with Crippen molar-refractivity contribution in [3.05, 3.63) is 30.0 Å². The molecule has 1 aromatic heterocycles. The Labute approximate surface area is 143 Å². The fraction of sp³-hybridized carbons (Fsp3) is 0.263. The van der Waals surface area contributed by atoms with Crippen LogP contribution in [0.1, 0.15) is 5.56 Å². The normalized spacial score (nSPS) is 9.43. The summed E-state index contributed by atoms with van der Waals surface area (Å²) >= 11 is 0. The van der Waals surface area contributed by atoms with Crippen LogP contribution in [0.2, 0.25) is 0 Å². The number of fused-ring (bicyclic) bond motifs is 1. The number of nitrogens with zero attached hydrogens (tertiary/aromatic N) is 1. The molecule has 23 heavy (non-hydrogen) atoms. The van der Waals surface area contributed by atoms with Crippen LogP contribution in [0, 0.1) is 37.0 Å². The molecule has 0 aliphatic carbocycles. The minimum Gasteiger partial charge on any atom is -0.481 e. The van der Waals surface area contributed by atoms with Crippen molar-refractivity contribution in [2.45, 2.75) is 13.0 Å². The molecule has 0 fully saturated rings. The molecular weight excluding hydrogens is 308 g/mol. The van der Waals surface area contributed by atoms with Crippen molar-refractivity contribution in [2.75, 3.05) is 19.7 Å². The van der Waals surface area contributed by atoms with Gasteiger partial charge in [0.15, 0.2) is 0 Å². The topological polar surface area (TPSA) is 26.2 Å². The molecule has 0 unspecified atom stereocenters. The van der Waals surface area contributed by atoms with E-state index >= 15 is 0 Å². The van der Waals surface area contributed by atoms with Crippen LogP contribution in [-0.2, 0) is 13.0 Å². The van der Waals surface area contributed by atoms with Crippen molar-refractivity contribution >= 4 is 23.3 Å². The first-order valence-corrected chi connectivity index (χ1v) is 7.05. The molecule has 0 aliphatic rings. The third-order valence-corrected chi connectivity index (χ3v) is 3.32. The molecule has 4 heteroatoms. The highest BCUT2D eigenvalue weighted by molar-refractivity contribution is 5.86. The van der Waals surface area contributed by atoms with Crippen LogP contribution in [0.3, 0.4) is 0 Å². The van der Waals surface area contributed by atoms with E-state index in [9.17, 15) is 0 Å². The number of halogens is 1. The molecule has 2 rings (SSSR count). The lowest BCUT2D eigenvalue weighted by molar-refractivity contribution is 0.371. The molecule has 0 saturated carbocycles. The number of aromatic nitrogens is 1. The largest absolute Gasteiger partial charge is 0.481 e. The van der Waals surface area contributed by atoms with Gasteiger partial charge in [-0.25, -0.2) is 0 Å². The first kappa shape index (κ1) is 18.5. The third kappa shape index (κ3) is 4.73. The minimum atomic E-state index is 0. The molecule has 1 N–H and O–H groups in total. The summed E-state index contributed by atoms with van der Waals surface area (Å²) in [5.74, 6) is 8.48. The van der Waals surface area contributed by atoms with E-state index in [-0.39, 0.29) is 19.0 Å². The van der Waals surface area contributed by atoms with E-state index in [1.54, 1.807) is 0 Å². The lowest BCUT2D eigenvalue weighted by Crippen LogP contribution is -2.17. The van der Waals surface area contributed by atoms with E-state index in [1.165, 1.54) is 5.56 Å². The number of ether oxygens (including phenoxy) is 1. The second-order valence-corrected chi connectivity index (χ2v) is 4.79. The third-order valence-electron chi connectivity index (χ3n) is 3.32. The van der Waals surface area contributed by atoms with Gasteiger partial charge in [-0.05, 0) is 30.2 Å². The highest BCUT2D eigenvalue weighted by Gasteiger charge is 2.09. The van der Waals surface area contributed by atoms with Crippen molar-refractivity contribution in [2.24, 2.45) is 0 Å². The molecule has 1 aromatic carbocycles. The summed E-state index contributed by atoms with van der Waals surface area (Å²) in [6.07, 6.45) is 18.9. The number of hydrogen-bond donors (Lipinski definition) is 1. The zero-order valence-corrected chi connectivity index (χ0v) is 13.7. The quantitative estimate of drug-likeness (QED) is 0.625. The van der Waals surface area contributed by atoms with Crippen LogP contribution in [0.25, 0.3) is 10.9 Å². The van der Waals surface area contributed by atoms with Crippen molar-refractivity contribution in [3.8, 4) is 42.8 Å². The monoisotopic (exact) mass is 326 g/mol. The van der Waals surface area contributed by atoms with Crippen LogP contribution >= 0.6 is 12.4 Å². The lowest BCUT2D eigenvalue weighted by Gasteiger charge is -2.05. The predicted molar refractivity (Wildman–Crippen MR) is 97.8 cm³/mol. The Morgan fingerprint density at radius 2 is 1.96 bits per heavy atom. The molecule has 0 amide bonds. The number of nitrogens with one attached hydrogen (secondary N) is 1. The molecule has 0 atom stereocenters. The van der Waals surface area contributed by atoms with Gasteiger partial charge in [0.25, 0.3) is 0 Å². The van der Waals surface area contributed by atoms with E-state index in [0.29, 0.717) is 13.1 Å². The Kier molecular flexibility index (Phi) is 7.65. The number of terminal acetylenes is 3. The molecule has 3 nitrogen and oxygen atoms in total. The summed E-state index contributed by atoms with van der Waals surface area (Å²) < 4.78 is 7.57. The van der Waals surface area contributed by atoms with E-state index in [2.05, 4.69) is 33.8 Å². The van der Waals surface area contributed by atoms with Gasteiger partial charge in [-0.2, -0.15) is 0 Å². The van der Waals surface area contributed by atoms with Crippen LogP contribution in [0.15, 0.2) is 24.4 Å². The number of benzene rings is 1. The second kappa shape index (κ2) is 9.50. The van der Waals surface area contributed by atoms with Crippen molar-refractivity contribution < 1.29 is 4.74 Å². The van der Waals surface area contributed by atoms with Gasteiger partial charge in [-0.3, -0.25) is 0 Å². The fourth-order valence-electron chi connectivity index (χ4n) is 2.38. The summed E-state index contributed by atoms with van der Waals surface area (Å²) in [5, 5.41) is 4.33. The highest BCUT2D eigenvalue weighted by Crippen LogP contribution is 2.26. The van der Waals surface area contributed by atoms with Gasteiger partial charge in [0.05, 0.1) is 13.1 Å². The Balaban J connectivity index is 0.00000264. The van der Waals surface area contributed by atoms with Gasteiger partial charge in [0, 0.05) is 23.6 Å². The lowest BCUT2D eigenvalue weighted by atomic mass is 10.1. The van der Waals surface area contributed by atoms with E-state index in [4.69, 9.17) is 24.0 Å². The molecule has 1 heterocycles. The predicted octanol–water partition coefficient (Wildman–Crippen LogP) is 2.47. The molecular formula is C19H19ClN2O. The van der Waals surface area contributed by atoms with Gasteiger partial charge in [0.2, 0.25) is 0 Å². The Morgan fingerprint density at radius 3 is 2.65 bits per heavy atom. The standard InChI is InChI=1S/C19H18N2O.ClH/c1-4-10-20-11-9-16-15-21(12-5-2)19-8-7-17(14-18(16)19)22-13-6-3;/h1-3,7-8,14-15,20H,9-13H2;1H. The average molecular weight is 327 g/mol. The zero-order chi connectivity index (χ0) is 15.8. The maximum atomic E-state index is 5.50. The average Bonchev–Trinajstić information content (AvgIpc) is 2.87. The van der Waals surface area contributed by atoms with Crippen molar-refractivity contribution in [3.63, 3.8) is 0 Å². The maximum absolute atomic E-state index is 5.50. The van der Waals surface area contributed by atoms with Crippen molar-refractivity contribution in [1.82, 2.24) is 9.88 Å². The number of rotatable bonds is 7. The smallest absolute Gasteiger partial charge is 0.148 e. The summed E-state index contributed by atoms with van der Waals surface area (Å²) in [6, 6.07) is 5.93. The zero-order valence-electron chi connectivity index (χ0n) is 12.8. The van der Waals surface area contributed by atoms with Crippen molar-refractivity contribution in [1.29, 1.82) is 0 Å².